The minimum atomic E-state index is -0.359. The largest absolute Gasteiger partial charge is 0.454 e. The number of anilines is 2. The van der Waals surface area contributed by atoms with E-state index in [0.29, 0.717) is 40.2 Å². The molecule has 0 unspecified atom stereocenters. The molecule has 1 aliphatic rings. The smallest absolute Gasteiger partial charge is 0.257 e. The summed E-state index contributed by atoms with van der Waals surface area (Å²) in [5, 5.41) is 13.4. The van der Waals surface area contributed by atoms with E-state index in [9.17, 15) is 9.59 Å². The van der Waals surface area contributed by atoms with Crippen molar-refractivity contribution in [3.63, 3.8) is 0 Å². The molecule has 2 N–H and O–H groups in total. The number of aryl methyl sites for hydroxylation is 1. The maximum Gasteiger partial charge on any atom is 0.257 e. The first kappa shape index (κ1) is 20.7. The van der Waals surface area contributed by atoms with Crippen LogP contribution in [0.4, 0.5) is 11.4 Å². The molecule has 1 aliphatic heterocycles. The third-order valence-electron chi connectivity index (χ3n) is 4.89. The zero-order chi connectivity index (χ0) is 22.6. The lowest BCUT2D eigenvalue weighted by Gasteiger charge is -2.11. The van der Waals surface area contributed by atoms with Crippen molar-refractivity contribution in [1.82, 2.24) is 10.1 Å². The predicted octanol–water partition coefficient (Wildman–Crippen LogP) is 4.35. The third kappa shape index (κ3) is 4.70. The van der Waals surface area contributed by atoms with Gasteiger partial charge in [-0.1, -0.05) is 17.3 Å². The van der Waals surface area contributed by atoms with Gasteiger partial charge < -0.3 is 24.6 Å². The molecule has 3 heterocycles. The lowest BCUT2D eigenvalue weighted by molar-refractivity contribution is -0.116. The molecule has 0 saturated heterocycles. The number of rotatable bonds is 7. The molecular weight excluding hydrogens is 444 g/mol. The van der Waals surface area contributed by atoms with E-state index < -0.39 is 0 Å². The summed E-state index contributed by atoms with van der Waals surface area (Å²) in [7, 11) is 0. The van der Waals surface area contributed by atoms with Crippen LogP contribution in [0.25, 0.3) is 11.4 Å². The molecule has 33 heavy (non-hydrogen) atoms. The van der Waals surface area contributed by atoms with Gasteiger partial charge in [0.1, 0.15) is 0 Å². The van der Waals surface area contributed by atoms with Crippen LogP contribution in [0.15, 0.2) is 63.8 Å². The van der Waals surface area contributed by atoms with Gasteiger partial charge in [0.25, 0.3) is 5.91 Å². The highest BCUT2D eigenvalue weighted by atomic mass is 32.1. The van der Waals surface area contributed by atoms with Gasteiger partial charge in [0.15, 0.2) is 11.5 Å². The summed E-state index contributed by atoms with van der Waals surface area (Å²) in [5.74, 6) is 1.44. The first-order chi connectivity index (χ1) is 16.2. The average molecular weight is 462 g/mol. The molecule has 0 bridgehead atoms. The third-order valence-corrected chi connectivity index (χ3v) is 5.57. The van der Waals surface area contributed by atoms with Gasteiger partial charge in [0, 0.05) is 35.5 Å². The van der Waals surface area contributed by atoms with E-state index in [1.54, 1.807) is 53.8 Å². The molecule has 166 valence electrons. The zero-order valence-electron chi connectivity index (χ0n) is 17.2. The summed E-state index contributed by atoms with van der Waals surface area (Å²) in [6.45, 7) is 0.153. The Labute approximate surface area is 192 Å². The lowest BCUT2D eigenvalue weighted by Crippen LogP contribution is -2.18. The summed E-state index contributed by atoms with van der Waals surface area (Å²) >= 11 is 1.54. The van der Waals surface area contributed by atoms with Crippen LogP contribution in [-0.4, -0.2) is 28.7 Å². The molecular formula is C23H18N4O5S. The molecule has 2 aromatic carbocycles. The number of para-hydroxylation sites is 1. The zero-order valence-corrected chi connectivity index (χ0v) is 18.1. The van der Waals surface area contributed by atoms with Crippen LogP contribution in [0, 0.1) is 0 Å². The van der Waals surface area contributed by atoms with Crippen LogP contribution < -0.4 is 20.1 Å². The number of thiophene rings is 1. The van der Waals surface area contributed by atoms with Crippen LogP contribution in [0.2, 0.25) is 0 Å². The van der Waals surface area contributed by atoms with Gasteiger partial charge in [-0.25, -0.2) is 0 Å². The fourth-order valence-electron chi connectivity index (χ4n) is 3.26. The van der Waals surface area contributed by atoms with Crippen molar-refractivity contribution in [2.45, 2.75) is 12.8 Å². The number of aromatic nitrogens is 2. The number of hydrogen-bond acceptors (Lipinski definition) is 8. The monoisotopic (exact) mass is 462 g/mol. The first-order valence-electron chi connectivity index (χ1n) is 10.1. The number of ether oxygens (including phenoxy) is 2. The second kappa shape index (κ2) is 9.13. The summed E-state index contributed by atoms with van der Waals surface area (Å²) < 4.78 is 15.9. The Morgan fingerprint density at radius 2 is 1.91 bits per heavy atom. The van der Waals surface area contributed by atoms with E-state index >= 15 is 0 Å². The Balaban J connectivity index is 1.21. The molecule has 4 aromatic rings. The van der Waals surface area contributed by atoms with E-state index in [4.69, 9.17) is 14.0 Å². The number of benzene rings is 2. The van der Waals surface area contributed by atoms with Crippen molar-refractivity contribution < 1.29 is 23.6 Å². The van der Waals surface area contributed by atoms with Crippen LogP contribution in [0.5, 0.6) is 11.5 Å². The maximum absolute atomic E-state index is 12.8. The summed E-state index contributed by atoms with van der Waals surface area (Å²) in [6.07, 6.45) is 0.415. The van der Waals surface area contributed by atoms with Crippen molar-refractivity contribution >= 4 is 34.5 Å². The molecule has 2 amide bonds. The molecule has 2 aromatic heterocycles. The standard InChI is InChI=1S/C23H18N4O5S/c28-20(7-8-21-26-22(27-32-21)14-9-10-33-12-14)25-17-4-2-1-3-16(17)23(29)24-15-5-6-18-19(11-15)31-13-30-18/h1-6,9-12H,7-8,13H2,(H,24,29)(H,25,28). The number of hydrogen-bond donors (Lipinski definition) is 2. The van der Waals surface area contributed by atoms with Gasteiger partial charge >= 0.3 is 0 Å². The van der Waals surface area contributed by atoms with Crippen LogP contribution in [0.1, 0.15) is 22.7 Å². The average Bonchev–Trinajstić information content (AvgIpc) is 3.59. The number of fused-ring (bicyclic) bond motifs is 1. The second-order valence-corrected chi connectivity index (χ2v) is 7.92. The highest BCUT2D eigenvalue weighted by molar-refractivity contribution is 7.08. The Kier molecular flexibility index (Phi) is 5.73. The SMILES string of the molecule is O=C(CCc1nc(-c2ccsc2)no1)Nc1ccccc1C(=O)Nc1ccc2c(c1)OCO2. The minimum Gasteiger partial charge on any atom is -0.454 e. The molecule has 0 fully saturated rings. The number of carbonyl (C=O) groups is 2. The number of nitrogens with one attached hydrogen (secondary N) is 2. The molecule has 0 atom stereocenters. The van der Waals surface area contributed by atoms with Gasteiger partial charge in [-0.2, -0.15) is 16.3 Å². The van der Waals surface area contributed by atoms with E-state index in [1.807, 2.05) is 16.8 Å². The molecule has 10 heteroatoms. The first-order valence-corrected chi connectivity index (χ1v) is 11.0. The van der Waals surface area contributed by atoms with Gasteiger partial charge in [0.2, 0.25) is 24.4 Å². The van der Waals surface area contributed by atoms with Crippen molar-refractivity contribution in [3.05, 3.63) is 70.7 Å². The van der Waals surface area contributed by atoms with Crippen molar-refractivity contribution in [3.8, 4) is 22.9 Å². The lowest BCUT2D eigenvalue weighted by atomic mass is 10.1. The van der Waals surface area contributed by atoms with E-state index in [0.717, 1.165) is 5.56 Å². The minimum absolute atomic E-state index is 0.128. The maximum atomic E-state index is 12.8. The number of carbonyl (C=O) groups excluding carboxylic acids is 2. The fourth-order valence-corrected chi connectivity index (χ4v) is 3.90. The quantitative estimate of drug-likeness (QED) is 0.419. The van der Waals surface area contributed by atoms with Crippen molar-refractivity contribution in [2.75, 3.05) is 17.4 Å². The van der Waals surface area contributed by atoms with Crippen molar-refractivity contribution in [2.24, 2.45) is 0 Å². The van der Waals surface area contributed by atoms with Crippen molar-refractivity contribution in [1.29, 1.82) is 0 Å². The van der Waals surface area contributed by atoms with Gasteiger partial charge in [-0.15, -0.1) is 0 Å². The Morgan fingerprint density at radius 1 is 1.03 bits per heavy atom. The molecule has 5 rings (SSSR count). The van der Waals surface area contributed by atoms with Gasteiger partial charge in [-0.05, 0) is 35.7 Å². The van der Waals surface area contributed by atoms with E-state index in [1.165, 1.54) is 0 Å². The second-order valence-electron chi connectivity index (χ2n) is 7.14. The number of nitrogens with zero attached hydrogens (tertiary/aromatic N) is 2. The molecule has 0 spiro atoms. The fraction of sp³-hybridized carbons (Fsp3) is 0.130. The van der Waals surface area contributed by atoms with Gasteiger partial charge in [-0.3, -0.25) is 9.59 Å². The summed E-state index contributed by atoms with van der Waals surface area (Å²) in [4.78, 5) is 29.7. The van der Waals surface area contributed by atoms with Gasteiger partial charge in [0.05, 0.1) is 11.3 Å². The Morgan fingerprint density at radius 3 is 2.79 bits per heavy atom. The summed E-state index contributed by atoms with van der Waals surface area (Å²) in [5.41, 5.74) is 2.18. The Bertz CT molecular complexity index is 1300. The highest BCUT2D eigenvalue weighted by Gasteiger charge is 2.17. The Hall–Kier alpha value is -4.18. The normalized spacial score (nSPS) is 11.9. The molecule has 9 nitrogen and oxygen atoms in total. The number of amides is 2. The topological polar surface area (TPSA) is 116 Å². The van der Waals surface area contributed by atoms with Crippen LogP contribution in [-0.2, 0) is 11.2 Å². The van der Waals surface area contributed by atoms with E-state index in [2.05, 4.69) is 20.8 Å². The highest BCUT2D eigenvalue weighted by Crippen LogP contribution is 2.34. The molecule has 0 radical (unpaired) electrons. The molecule has 0 saturated carbocycles. The van der Waals surface area contributed by atoms with Crippen LogP contribution >= 0.6 is 11.3 Å². The van der Waals surface area contributed by atoms with E-state index in [-0.39, 0.29) is 31.4 Å². The molecule has 0 aliphatic carbocycles. The van der Waals surface area contributed by atoms with Crippen LogP contribution in [0.3, 0.4) is 0 Å². The predicted molar refractivity (Wildman–Crippen MR) is 122 cm³/mol. The summed E-state index contributed by atoms with van der Waals surface area (Å²) in [6, 6.07) is 13.8.